The molecule has 2 fully saturated rings. The van der Waals surface area contributed by atoms with Crippen LogP contribution in [0.4, 0.5) is 13.6 Å². The lowest BCUT2D eigenvalue weighted by Gasteiger charge is -2.38. The normalized spacial score (nSPS) is 22.8. The van der Waals surface area contributed by atoms with E-state index >= 15 is 0 Å². The molecule has 0 bridgehead atoms. The maximum Gasteiger partial charge on any atom is 0.325 e. The molecule has 7 heteroatoms. The van der Waals surface area contributed by atoms with E-state index in [9.17, 15) is 18.4 Å². The topological polar surface area (TPSA) is 61.4 Å². The minimum Gasteiger partial charge on any atom is -0.322 e. The first-order valence-corrected chi connectivity index (χ1v) is 9.82. The summed E-state index contributed by atoms with van der Waals surface area (Å²) < 4.78 is 26.9. The number of amides is 3. The molecule has 0 aromatic heterocycles. The van der Waals surface area contributed by atoms with Gasteiger partial charge < -0.3 is 10.6 Å². The van der Waals surface area contributed by atoms with Crippen LogP contribution >= 0.6 is 0 Å². The lowest BCUT2D eigenvalue weighted by atomic mass is 9.74. The van der Waals surface area contributed by atoms with Crippen molar-refractivity contribution in [3.8, 4) is 0 Å². The molecule has 0 unspecified atom stereocenters. The number of rotatable bonds is 5. The molecule has 2 heterocycles. The van der Waals surface area contributed by atoms with Crippen molar-refractivity contribution in [1.82, 2.24) is 15.5 Å². The molecule has 4 rings (SSSR count). The van der Waals surface area contributed by atoms with Gasteiger partial charge in [-0.1, -0.05) is 24.3 Å². The molecule has 0 spiro atoms. The summed E-state index contributed by atoms with van der Waals surface area (Å²) in [7, 11) is 0. The van der Waals surface area contributed by atoms with E-state index in [4.69, 9.17) is 0 Å². The van der Waals surface area contributed by atoms with Gasteiger partial charge in [-0.2, -0.15) is 0 Å². The molecule has 152 valence electrons. The van der Waals surface area contributed by atoms with Gasteiger partial charge in [-0.05, 0) is 67.2 Å². The van der Waals surface area contributed by atoms with E-state index in [-0.39, 0.29) is 24.2 Å². The van der Waals surface area contributed by atoms with Gasteiger partial charge in [0.15, 0.2) is 0 Å². The van der Waals surface area contributed by atoms with E-state index < -0.39 is 17.4 Å². The fourth-order valence-corrected chi connectivity index (χ4v) is 4.39. The monoisotopic (exact) mass is 399 g/mol. The molecule has 2 aromatic carbocycles. The number of nitrogens with zero attached hydrogens (tertiary/aromatic N) is 1. The summed E-state index contributed by atoms with van der Waals surface area (Å²) in [4.78, 5) is 27.5. The van der Waals surface area contributed by atoms with Gasteiger partial charge in [0.05, 0.1) is 6.54 Å². The second-order valence-corrected chi connectivity index (χ2v) is 7.75. The Kier molecular flexibility index (Phi) is 5.32. The molecule has 2 aromatic rings. The van der Waals surface area contributed by atoms with Crippen molar-refractivity contribution in [3.63, 3.8) is 0 Å². The Morgan fingerprint density at radius 1 is 0.966 bits per heavy atom. The van der Waals surface area contributed by atoms with E-state index in [0.29, 0.717) is 12.0 Å². The molecule has 2 N–H and O–H groups in total. The molecule has 1 atom stereocenters. The van der Waals surface area contributed by atoms with Gasteiger partial charge in [0.2, 0.25) is 0 Å². The third-order valence-corrected chi connectivity index (χ3v) is 5.86. The van der Waals surface area contributed by atoms with Crippen LogP contribution in [0.5, 0.6) is 0 Å². The first-order valence-electron chi connectivity index (χ1n) is 9.82. The summed E-state index contributed by atoms with van der Waals surface area (Å²) in [6, 6.07) is 11.4. The molecule has 3 amide bonds. The van der Waals surface area contributed by atoms with Gasteiger partial charge >= 0.3 is 6.03 Å². The molecular weight excluding hydrogens is 376 g/mol. The van der Waals surface area contributed by atoms with Crippen molar-refractivity contribution in [2.75, 3.05) is 13.1 Å². The van der Waals surface area contributed by atoms with E-state index in [1.54, 1.807) is 24.3 Å². The smallest absolute Gasteiger partial charge is 0.322 e. The maximum absolute atomic E-state index is 13.6. The van der Waals surface area contributed by atoms with Crippen molar-refractivity contribution >= 4 is 11.9 Å². The van der Waals surface area contributed by atoms with Crippen LogP contribution in [0.2, 0.25) is 0 Å². The number of urea groups is 1. The van der Waals surface area contributed by atoms with Crippen molar-refractivity contribution in [3.05, 3.63) is 71.3 Å². The van der Waals surface area contributed by atoms with Crippen LogP contribution in [0.1, 0.15) is 24.0 Å². The predicted octanol–water partition coefficient (Wildman–Crippen LogP) is 3.00. The summed E-state index contributed by atoms with van der Waals surface area (Å²) in [6.07, 6.45) is 1.80. The van der Waals surface area contributed by atoms with Crippen molar-refractivity contribution in [1.29, 1.82) is 0 Å². The minimum atomic E-state index is -1.08. The standard InChI is InChI=1S/C22H23F2N3O2/c23-18-6-4-15(5-7-18)13-22(17-8-10-25-11-9-17)20(28)27(21(29)26-22)14-16-2-1-3-19(24)12-16/h1-7,12,17,25H,8-11,13-14H2,(H,26,29)/t22-/m1/s1. The highest BCUT2D eigenvalue weighted by atomic mass is 19.1. The summed E-state index contributed by atoms with van der Waals surface area (Å²) >= 11 is 0. The fourth-order valence-electron chi connectivity index (χ4n) is 4.39. The number of halogens is 2. The minimum absolute atomic E-state index is 0.0125. The second-order valence-electron chi connectivity index (χ2n) is 7.75. The van der Waals surface area contributed by atoms with Crippen LogP contribution in [-0.4, -0.2) is 35.5 Å². The molecule has 5 nitrogen and oxygen atoms in total. The summed E-state index contributed by atoms with van der Waals surface area (Å²) in [6.45, 7) is 1.55. The van der Waals surface area contributed by atoms with Crippen LogP contribution in [0.15, 0.2) is 48.5 Å². The number of benzene rings is 2. The van der Waals surface area contributed by atoms with Gasteiger partial charge in [0, 0.05) is 6.42 Å². The Balaban J connectivity index is 1.65. The van der Waals surface area contributed by atoms with E-state index in [2.05, 4.69) is 10.6 Å². The van der Waals surface area contributed by atoms with E-state index in [0.717, 1.165) is 31.5 Å². The Morgan fingerprint density at radius 2 is 1.69 bits per heavy atom. The molecule has 0 saturated carbocycles. The fraction of sp³-hybridized carbons (Fsp3) is 0.364. The zero-order valence-electron chi connectivity index (χ0n) is 16.0. The molecule has 0 aliphatic carbocycles. The average Bonchev–Trinajstić information content (AvgIpc) is 2.95. The van der Waals surface area contributed by atoms with Crippen LogP contribution in [0.25, 0.3) is 0 Å². The Labute approximate surface area is 168 Å². The number of hydrogen-bond acceptors (Lipinski definition) is 3. The zero-order chi connectivity index (χ0) is 20.4. The zero-order valence-corrected chi connectivity index (χ0v) is 16.0. The van der Waals surface area contributed by atoms with E-state index in [1.807, 2.05) is 0 Å². The predicted molar refractivity (Wildman–Crippen MR) is 104 cm³/mol. The van der Waals surface area contributed by atoms with E-state index in [1.165, 1.54) is 29.2 Å². The van der Waals surface area contributed by atoms with Crippen LogP contribution < -0.4 is 10.6 Å². The summed E-state index contributed by atoms with van der Waals surface area (Å²) in [5.41, 5.74) is 0.257. The van der Waals surface area contributed by atoms with Gasteiger partial charge in [-0.15, -0.1) is 0 Å². The van der Waals surface area contributed by atoms with Crippen molar-refractivity contribution in [2.45, 2.75) is 31.3 Å². The second kappa shape index (κ2) is 7.91. The summed E-state index contributed by atoms with van der Waals surface area (Å²) in [5.74, 6) is -1.10. The highest BCUT2D eigenvalue weighted by molar-refractivity contribution is 6.07. The molecule has 29 heavy (non-hydrogen) atoms. The highest BCUT2D eigenvalue weighted by Gasteiger charge is 2.55. The Hall–Kier alpha value is -2.80. The SMILES string of the molecule is O=C1N[C@](Cc2ccc(F)cc2)(C2CCNCC2)C(=O)N1Cc1cccc(F)c1. The summed E-state index contributed by atoms with van der Waals surface area (Å²) in [5, 5.41) is 6.24. The number of nitrogens with one attached hydrogen (secondary N) is 2. The van der Waals surface area contributed by atoms with Crippen molar-refractivity contribution in [2.24, 2.45) is 5.92 Å². The Morgan fingerprint density at radius 3 is 2.38 bits per heavy atom. The molecule has 0 radical (unpaired) electrons. The van der Waals surface area contributed by atoms with Crippen molar-refractivity contribution < 1.29 is 18.4 Å². The number of imide groups is 1. The van der Waals surface area contributed by atoms with Crippen LogP contribution in [-0.2, 0) is 17.8 Å². The van der Waals surface area contributed by atoms with Gasteiger partial charge in [-0.3, -0.25) is 9.69 Å². The molecule has 2 aliphatic heterocycles. The number of carbonyl (C=O) groups is 2. The Bertz CT molecular complexity index is 913. The molecular formula is C22H23F2N3O2. The first-order chi connectivity index (χ1) is 14.0. The first kappa shape index (κ1) is 19.5. The molecule has 2 aliphatic rings. The van der Waals surface area contributed by atoms with Gasteiger partial charge in [0.1, 0.15) is 17.2 Å². The molecule has 2 saturated heterocycles. The quantitative estimate of drug-likeness (QED) is 0.760. The third-order valence-electron chi connectivity index (χ3n) is 5.86. The van der Waals surface area contributed by atoms with Crippen LogP contribution in [0.3, 0.4) is 0 Å². The lowest BCUT2D eigenvalue weighted by molar-refractivity contribution is -0.134. The maximum atomic E-state index is 13.6. The highest BCUT2D eigenvalue weighted by Crippen LogP contribution is 2.36. The average molecular weight is 399 g/mol. The van der Waals surface area contributed by atoms with Gasteiger partial charge in [-0.25, -0.2) is 13.6 Å². The number of carbonyl (C=O) groups excluding carboxylic acids is 2. The third kappa shape index (κ3) is 3.87. The number of piperidine rings is 1. The lowest BCUT2D eigenvalue weighted by Crippen LogP contribution is -2.57. The van der Waals surface area contributed by atoms with Gasteiger partial charge in [0.25, 0.3) is 5.91 Å². The number of hydrogen-bond donors (Lipinski definition) is 2. The largest absolute Gasteiger partial charge is 0.325 e. The van der Waals surface area contributed by atoms with Crippen LogP contribution in [0, 0.1) is 17.6 Å².